The van der Waals surface area contributed by atoms with Gasteiger partial charge in [-0.05, 0) is 54.7 Å². The lowest BCUT2D eigenvalue weighted by Gasteiger charge is -2.43. The number of aryl methyl sites for hydroxylation is 1. The van der Waals surface area contributed by atoms with Crippen molar-refractivity contribution in [3.8, 4) is 0 Å². The molecule has 2 aromatic carbocycles. The number of carbonyl (C=O) groups excluding carboxylic acids is 1. The molecule has 0 saturated carbocycles. The Kier molecular flexibility index (Phi) is 7.66. The van der Waals surface area contributed by atoms with Crippen molar-refractivity contribution in [2.45, 2.75) is 59.1 Å². The maximum atomic E-state index is 14.8. The number of hydrogen-bond acceptors (Lipinski definition) is 4. The van der Waals surface area contributed by atoms with Crippen LogP contribution < -0.4 is 0 Å². The summed E-state index contributed by atoms with van der Waals surface area (Å²) in [5.74, 6) is -5.52. The zero-order chi connectivity index (χ0) is 31.7. The van der Waals surface area contributed by atoms with Gasteiger partial charge in [0.2, 0.25) is 5.91 Å². The highest BCUT2D eigenvalue weighted by Crippen LogP contribution is 2.57. The number of carbonyl (C=O) groups is 1. The first-order valence-corrected chi connectivity index (χ1v) is 13.6. The molecule has 0 bridgehead atoms. The Balaban J connectivity index is 1.95. The van der Waals surface area contributed by atoms with Crippen LogP contribution in [-0.2, 0) is 31.5 Å². The normalized spacial score (nSPS) is 22.5. The maximum absolute atomic E-state index is 14.8. The van der Waals surface area contributed by atoms with Crippen molar-refractivity contribution in [3.05, 3.63) is 65.0 Å². The standard InChI is InChI=1S/C25H20F11NO4S/c26-15-3-5-16(6-4-15)42(40,41)21-9-10-37(20(39)18(12-38)23(28,29)30)19(21)8-1-13-11-14(2-7-17(13)21)22(27,24(31,32)33)25(34,35)36/h2-7,11,18-19,38H,1,8-10,12H2/t18?,19-,21-/m1/s1. The van der Waals surface area contributed by atoms with E-state index < -0.39 is 116 Å². The third-order valence-electron chi connectivity index (χ3n) is 7.83. The number of halogens is 11. The Morgan fingerprint density at radius 1 is 0.952 bits per heavy atom. The Hall–Kier alpha value is -2.95. The Labute approximate surface area is 230 Å². The molecular formula is C25H20F11NO4S. The minimum Gasteiger partial charge on any atom is -0.395 e. The molecular weight excluding hydrogens is 619 g/mol. The second-order valence-corrected chi connectivity index (χ2v) is 12.2. The monoisotopic (exact) mass is 639 g/mol. The number of nitrogens with zero attached hydrogens (tertiary/aromatic N) is 1. The van der Waals surface area contributed by atoms with E-state index in [1.54, 1.807) is 0 Å². The lowest BCUT2D eigenvalue weighted by atomic mass is 9.76. The average molecular weight is 639 g/mol. The molecule has 42 heavy (non-hydrogen) atoms. The van der Waals surface area contributed by atoms with Gasteiger partial charge >= 0.3 is 24.2 Å². The maximum Gasteiger partial charge on any atom is 0.435 e. The summed E-state index contributed by atoms with van der Waals surface area (Å²) in [6.07, 6.45) is -19.9. The second-order valence-electron chi connectivity index (χ2n) is 9.99. The van der Waals surface area contributed by atoms with Crippen LogP contribution in [-0.4, -0.2) is 62.1 Å². The number of rotatable bonds is 5. The lowest BCUT2D eigenvalue weighted by Crippen LogP contribution is -2.55. The van der Waals surface area contributed by atoms with Gasteiger partial charge in [-0.25, -0.2) is 17.2 Å². The van der Waals surface area contributed by atoms with Crippen molar-refractivity contribution < 1.29 is 66.6 Å². The Morgan fingerprint density at radius 3 is 2.02 bits per heavy atom. The fourth-order valence-electron chi connectivity index (χ4n) is 5.84. The number of fused-ring (bicyclic) bond motifs is 3. The minimum absolute atomic E-state index is 0.0981. The van der Waals surface area contributed by atoms with Gasteiger partial charge in [-0.1, -0.05) is 18.2 Å². The molecule has 1 heterocycles. The van der Waals surface area contributed by atoms with Gasteiger partial charge in [0.25, 0.3) is 0 Å². The molecule has 5 nitrogen and oxygen atoms in total. The first-order valence-electron chi connectivity index (χ1n) is 12.1. The van der Waals surface area contributed by atoms with Crippen LogP contribution in [0, 0.1) is 11.7 Å². The van der Waals surface area contributed by atoms with Crippen molar-refractivity contribution >= 4 is 15.7 Å². The van der Waals surface area contributed by atoms with Crippen LogP contribution in [0.2, 0.25) is 0 Å². The summed E-state index contributed by atoms with van der Waals surface area (Å²) in [5, 5.41) is 9.27. The van der Waals surface area contributed by atoms with E-state index in [1.165, 1.54) is 0 Å². The zero-order valence-corrected chi connectivity index (χ0v) is 21.7. The largest absolute Gasteiger partial charge is 0.435 e. The molecule has 1 unspecified atom stereocenters. The molecule has 0 spiro atoms. The Morgan fingerprint density at radius 2 is 1.52 bits per heavy atom. The molecule has 1 aliphatic heterocycles. The summed E-state index contributed by atoms with van der Waals surface area (Å²) >= 11 is 0. The van der Waals surface area contributed by atoms with Gasteiger partial charge in [0.05, 0.1) is 17.5 Å². The summed E-state index contributed by atoms with van der Waals surface area (Å²) < 4.78 is 175. The molecule has 0 aromatic heterocycles. The summed E-state index contributed by atoms with van der Waals surface area (Å²) in [6.45, 7) is -2.34. The molecule has 1 saturated heterocycles. The topological polar surface area (TPSA) is 74.7 Å². The smallest absolute Gasteiger partial charge is 0.395 e. The van der Waals surface area contributed by atoms with E-state index in [0.29, 0.717) is 11.0 Å². The van der Waals surface area contributed by atoms with E-state index >= 15 is 0 Å². The van der Waals surface area contributed by atoms with Gasteiger partial charge in [0.15, 0.2) is 15.8 Å². The molecule has 1 N–H and O–H groups in total. The first kappa shape index (κ1) is 32.0. The quantitative estimate of drug-likeness (QED) is 0.347. The van der Waals surface area contributed by atoms with Crippen LogP contribution in [0.15, 0.2) is 47.4 Å². The predicted octanol–water partition coefficient (Wildman–Crippen LogP) is 5.50. The highest BCUT2D eigenvalue weighted by Gasteiger charge is 2.74. The molecule has 1 amide bonds. The molecule has 2 aliphatic rings. The third kappa shape index (κ3) is 4.62. The highest BCUT2D eigenvalue weighted by atomic mass is 32.2. The van der Waals surface area contributed by atoms with Crippen LogP contribution in [0.1, 0.15) is 29.5 Å². The third-order valence-corrected chi connectivity index (χ3v) is 10.4. The molecule has 232 valence electrons. The molecule has 1 fully saturated rings. The highest BCUT2D eigenvalue weighted by molar-refractivity contribution is 7.92. The molecule has 3 atom stereocenters. The predicted molar refractivity (Wildman–Crippen MR) is 122 cm³/mol. The van der Waals surface area contributed by atoms with Crippen molar-refractivity contribution in [2.24, 2.45) is 5.92 Å². The number of aliphatic hydroxyl groups is 1. The number of likely N-dealkylation sites (tertiary alicyclic amines) is 1. The van der Waals surface area contributed by atoms with Gasteiger partial charge in [-0.2, -0.15) is 39.5 Å². The molecule has 2 aromatic rings. The number of aliphatic hydroxyl groups excluding tert-OH is 1. The number of hydrogen-bond donors (Lipinski definition) is 1. The summed E-state index contributed by atoms with van der Waals surface area (Å²) in [7, 11) is -4.87. The number of alkyl halides is 10. The molecule has 0 radical (unpaired) electrons. The van der Waals surface area contributed by atoms with Gasteiger partial charge in [-0.3, -0.25) is 4.79 Å². The van der Waals surface area contributed by atoms with Crippen molar-refractivity contribution in [3.63, 3.8) is 0 Å². The van der Waals surface area contributed by atoms with Gasteiger partial charge in [0.1, 0.15) is 10.6 Å². The summed E-state index contributed by atoms with van der Waals surface area (Å²) in [4.78, 5) is 12.9. The second kappa shape index (κ2) is 10.1. The average Bonchev–Trinajstić information content (AvgIpc) is 3.28. The van der Waals surface area contributed by atoms with Crippen molar-refractivity contribution in [1.82, 2.24) is 4.90 Å². The summed E-state index contributed by atoms with van der Waals surface area (Å²) in [6, 6.07) is 2.29. The number of benzene rings is 2. The van der Waals surface area contributed by atoms with Crippen molar-refractivity contribution in [2.75, 3.05) is 13.2 Å². The number of sulfone groups is 1. The van der Waals surface area contributed by atoms with Crippen LogP contribution in [0.3, 0.4) is 0 Å². The van der Waals surface area contributed by atoms with Gasteiger partial charge in [0, 0.05) is 12.1 Å². The van der Waals surface area contributed by atoms with E-state index in [-0.39, 0.29) is 12.1 Å². The van der Waals surface area contributed by atoms with Gasteiger partial charge in [-0.15, -0.1) is 0 Å². The zero-order valence-electron chi connectivity index (χ0n) is 20.9. The lowest BCUT2D eigenvalue weighted by molar-refractivity contribution is -0.348. The Bertz CT molecular complexity index is 1460. The molecule has 1 aliphatic carbocycles. The molecule has 17 heteroatoms. The van der Waals surface area contributed by atoms with E-state index in [2.05, 4.69) is 0 Å². The van der Waals surface area contributed by atoms with Crippen LogP contribution in [0.4, 0.5) is 48.3 Å². The molecule has 4 rings (SSSR count). The van der Waals surface area contributed by atoms with Crippen LogP contribution in [0.25, 0.3) is 0 Å². The van der Waals surface area contributed by atoms with E-state index in [4.69, 9.17) is 0 Å². The van der Waals surface area contributed by atoms with Gasteiger partial charge < -0.3 is 10.0 Å². The van der Waals surface area contributed by atoms with Crippen molar-refractivity contribution in [1.29, 1.82) is 0 Å². The first-order chi connectivity index (χ1) is 19.1. The fraction of sp³-hybridized carbons (Fsp3) is 0.480. The SMILES string of the molecule is O=C(C(CO)C(F)(F)F)N1CC[C@@]2(S(=O)(=O)c3ccc(F)cc3)c3ccc(C(F)(C(F)(F)F)C(F)(F)F)cc3CC[C@@H]12. The van der Waals surface area contributed by atoms with E-state index in [0.717, 1.165) is 24.3 Å². The summed E-state index contributed by atoms with van der Waals surface area (Å²) in [5.41, 5.74) is -8.64. The fourth-order valence-corrected chi connectivity index (χ4v) is 8.21. The minimum atomic E-state index is -6.47. The number of amides is 1. The van der Waals surface area contributed by atoms with E-state index in [1.807, 2.05) is 0 Å². The van der Waals surface area contributed by atoms with Crippen LogP contribution in [0.5, 0.6) is 0 Å². The van der Waals surface area contributed by atoms with E-state index in [9.17, 15) is 66.6 Å². The van der Waals surface area contributed by atoms with Crippen LogP contribution >= 0.6 is 0 Å².